The van der Waals surface area contributed by atoms with Gasteiger partial charge in [-0.1, -0.05) is 72.8 Å². The van der Waals surface area contributed by atoms with E-state index in [-0.39, 0.29) is 0 Å². The fraction of sp³-hybridized carbons (Fsp3) is 0. The van der Waals surface area contributed by atoms with Crippen LogP contribution in [0.15, 0.2) is 134 Å². The van der Waals surface area contributed by atoms with Crippen LogP contribution in [0.2, 0.25) is 0 Å². The standard InChI is InChI=1S/C32H22N4/c1-3-13-24(14-4-1)36(25-15-5-2-6-16-25)26-17-11-12-23(22-26)30-32-31(27-18-7-8-19-28(27)33-30)34-29-20-9-10-21-35(29)32/h1-22H. The zero-order valence-corrected chi connectivity index (χ0v) is 19.5. The normalized spacial score (nSPS) is 11.3. The van der Waals surface area contributed by atoms with Crippen molar-refractivity contribution in [2.24, 2.45) is 0 Å². The summed E-state index contributed by atoms with van der Waals surface area (Å²) in [6, 6.07) is 43.9. The van der Waals surface area contributed by atoms with Crippen molar-refractivity contribution in [2.75, 3.05) is 4.90 Å². The summed E-state index contributed by atoms with van der Waals surface area (Å²) in [7, 11) is 0. The van der Waals surface area contributed by atoms with Crippen molar-refractivity contribution < 1.29 is 0 Å². The Morgan fingerprint density at radius 1 is 0.556 bits per heavy atom. The monoisotopic (exact) mass is 462 g/mol. The second-order valence-corrected chi connectivity index (χ2v) is 8.77. The third-order valence-electron chi connectivity index (χ3n) is 6.55. The Balaban J connectivity index is 1.50. The van der Waals surface area contributed by atoms with E-state index in [9.17, 15) is 0 Å². The third-order valence-corrected chi connectivity index (χ3v) is 6.55. The van der Waals surface area contributed by atoms with Gasteiger partial charge < -0.3 is 4.90 Å². The van der Waals surface area contributed by atoms with Crippen LogP contribution in [0.5, 0.6) is 0 Å². The fourth-order valence-corrected chi connectivity index (χ4v) is 4.95. The van der Waals surface area contributed by atoms with Gasteiger partial charge in [-0.15, -0.1) is 0 Å². The predicted molar refractivity (Wildman–Crippen MR) is 148 cm³/mol. The number of aromatic nitrogens is 3. The molecule has 7 rings (SSSR count). The molecule has 0 atom stereocenters. The zero-order chi connectivity index (χ0) is 23.9. The van der Waals surface area contributed by atoms with E-state index >= 15 is 0 Å². The van der Waals surface area contributed by atoms with E-state index in [1.807, 2.05) is 42.5 Å². The van der Waals surface area contributed by atoms with Crippen molar-refractivity contribution >= 4 is 44.6 Å². The van der Waals surface area contributed by atoms with Crippen LogP contribution >= 0.6 is 0 Å². The minimum Gasteiger partial charge on any atom is -0.310 e. The summed E-state index contributed by atoms with van der Waals surface area (Å²) in [4.78, 5) is 12.4. The molecule has 0 saturated heterocycles. The highest BCUT2D eigenvalue weighted by Gasteiger charge is 2.18. The van der Waals surface area contributed by atoms with Crippen molar-refractivity contribution in [3.63, 3.8) is 0 Å². The maximum absolute atomic E-state index is 5.16. The number of imidazole rings is 1. The maximum Gasteiger partial charge on any atom is 0.137 e. The summed E-state index contributed by atoms with van der Waals surface area (Å²) < 4.78 is 2.14. The molecule has 3 heterocycles. The molecule has 36 heavy (non-hydrogen) atoms. The Kier molecular flexibility index (Phi) is 4.74. The van der Waals surface area contributed by atoms with Crippen LogP contribution in [0, 0.1) is 0 Å². The Morgan fingerprint density at radius 2 is 1.22 bits per heavy atom. The van der Waals surface area contributed by atoms with Crippen LogP contribution in [0.1, 0.15) is 0 Å². The highest BCUT2D eigenvalue weighted by molar-refractivity contribution is 6.09. The molecule has 0 saturated carbocycles. The molecule has 0 aliphatic heterocycles. The molecular weight excluding hydrogens is 440 g/mol. The average Bonchev–Trinajstić information content (AvgIpc) is 3.34. The molecule has 3 aromatic heterocycles. The fourth-order valence-electron chi connectivity index (χ4n) is 4.95. The number of benzene rings is 4. The van der Waals surface area contributed by atoms with Gasteiger partial charge in [0, 0.05) is 34.2 Å². The number of hydrogen-bond donors (Lipinski definition) is 0. The van der Waals surface area contributed by atoms with Gasteiger partial charge in [0.15, 0.2) is 0 Å². The first-order chi connectivity index (χ1) is 17.9. The largest absolute Gasteiger partial charge is 0.310 e. The molecule has 0 unspecified atom stereocenters. The second kappa shape index (κ2) is 8.36. The first-order valence-corrected chi connectivity index (χ1v) is 12.0. The van der Waals surface area contributed by atoms with E-state index in [1.165, 1.54) is 0 Å². The van der Waals surface area contributed by atoms with Gasteiger partial charge in [0.1, 0.15) is 11.2 Å². The number of fused-ring (bicyclic) bond motifs is 5. The number of hydrogen-bond acceptors (Lipinski definition) is 3. The quantitative estimate of drug-likeness (QED) is 0.264. The molecule has 4 heteroatoms. The number of rotatable bonds is 4. The van der Waals surface area contributed by atoms with Crippen molar-refractivity contribution in [3.05, 3.63) is 134 Å². The SMILES string of the molecule is c1ccc(N(c2ccccc2)c2cccc(-c3nc4ccccc4c4nc5ccccn5c34)c2)cc1. The van der Waals surface area contributed by atoms with Gasteiger partial charge in [-0.25, -0.2) is 9.97 Å². The van der Waals surface area contributed by atoms with Crippen LogP contribution < -0.4 is 4.90 Å². The summed E-state index contributed by atoms with van der Waals surface area (Å²) in [6.07, 6.45) is 2.06. The van der Waals surface area contributed by atoms with E-state index < -0.39 is 0 Å². The third kappa shape index (κ3) is 3.31. The van der Waals surface area contributed by atoms with E-state index in [4.69, 9.17) is 9.97 Å². The first kappa shape index (κ1) is 20.4. The minimum absolute atomic E-state index is 0.915. The Morgan fingerprint density at radius 3 is 2.00 bits per heavy atom. The number of anilines is 3. The van der Waals surface area contributed by atoms with Crippen LogP contribution in [0.3, 0.4) is 0 Å². The molecule has 0 fully saturated rings. The zero-order valence-electron chi connectivity index (χ0n) is 19.5. The lowest BCUT2D eigenvalue weighted by atomic mass is 10.1. The van der Waals surface area contributed by atoms with E-state index in [0.717, 1.165) is 55.9 Å². The molecule has 4 nitrogen and oxygen atoms in total. The molecule has 4 aromatic carbocycles. The summed E-state index contributed by atoms with van der Waals surface area (Å²) in [6.45, 7) is 0. The smallest absolute Gasteiger partial charge is 0.137 e. The number of para-hydroxylation sites is 3. The summed E-state index contributed by atoms with van der Waals surface area (Å²) in [5.74, 6) is 0. The molecule has 0 N–H and O–H groups in total. The van der Waals surface area contributed by atoms with Gasteiger partial charge in [0.25, 0.3) is 0 Å². The first-order valence-electron chi connectivity index (χ1n) is 12.0. The van der Waals surface area contributed by atoms with Crippen LogP contribution in [0.4, 0.5) is 17.1 Å². The van der Waals surface area contributed by atoms with E-state index in [2.05, 4.69) is 100 Å². The van der Waals surface area contributed by atoms with Gasteiger partial charge in [0.05, 0.1) is 16.7 Å². The lowest BCUT2D eigenvalue weighted by Crippen LogP contribution is -2.09. The predicted octanol–water partition coefficient (Wildman–Crippen LogP) is 8.17. The topological polar surface area (TPSA) is 33.4 Å². The van der Waals surface area contributed by atoms with Gasteiger partial charge in [-0.3, -0.25) is 4.40 Å². The van der Waals surface area contributed by atoms with E-state index in [0.29, 0.717) is 0 Å². The van der Waals surface area contributed by atoms with Gasteiger partial charge >= 0.3 is 0 Å². The van der Waals surface area contributed by atoms with Gasteiger partial charge in [-0.2, -0.15) is 0 Å². The molecule has 0 aliphatic carbocycles. The molecule has 0 bridgehead atoms. The van der Waals surface area contributed by atoms with Crippen LogP contribution in [0.25, 0.3) is 38.8 Å². The van der Waals surface area contributed by atoms with Crippen molar-refractivity contribution in [1.82, 2.24) is 14.4 Å². The van der Waals surface area contributed by atoms with Gasteiger partial charge in [0.2, 0.25) is 0 Å². The number of pyridine rings is 2. The molecule has 0 amide bonds. The van der Waals surface area contributed by atoms with Gasteiger partial charge in [-0.05, 0) is 54.6 Å². The molecule has 170 valence electrons. The minimum atomic E-state index is 0.915. The molecule has 0 spiro atoms. The van der Waals surface area contributed by atoms with Crippen LogP contribution in [-0.2, 0) is 0 Å². The summed E-state index contributed by atoms with van der Waals surface area (Å²) in [5, 5.41) is 1.06. The van der Waals surface area contributed by atoms with Crippen molar-refractivity contribution in [3.8, 4) is 11.3 Å². The maximum atomic E-state index is 5.16. The lowest BCUT2D eigenvalue weighted by Gasteiger charge is -2.25. The molecular formula is C32H22N4. The summed E-state index contributed by atoms with van der Waals surface area (Å²) >= 11 is 0. The Hall–Kier alpha value is -4.96. The van der Waals surface area contributed by atoms with Crippen molar-refractivity contribution in [1.29, 1.82) is 0 Å². The second-order valence-electron chi connectivity index (χ2n) is 8.77. The number of nitrogens with zero attached hydrogens (tertiary/aromatic N) is 4. The van der Waals surface area contributed by atoms with E-state index in [1.54, 1.807) is 0 Å². The lowest BCUT2D eigenvalue weighted by molar-refractivity contribution is 1.22. The highest BCUT2D eigenvalue weighted by atomic mass is 15.1. The molecule has 0 radical (unpaired) electrons. The Bertz CT molecular complexity index is 1800. The molecule has 7 aromatic rings. The Labute approximate surface area is 208 Å². The molecule has 0 aliphatic rings. The average molecular weight is 463 g/mol. The summed E-state index contributed by atoms with van der Waals surface area (Å²) in [5.41, 5.74) is 9.09. The van der Waals surface area contributed by atoms with Crippen LogP contribution in [-0.4, -0.2) is 14.4 Å². The van der Waals surface area contributed by atoms with Crippen molar-refractivity contribution in [2.45, 2.75) is 0 Å². The highest BCUT2D eigenvalue weighted by Crippen LogP contribution is 2.38.